The van der Waals surface area contributed by atoms with Crippen LogP contribution in [0.25, 0.3) is 11.4 Å². The lowest BCUT2D eigenvalue weighted by Crippen LogP contribution is -2.11. The lowest BCUT2D eigenvalue weighted by Gasteiger charge is -2.08. The van der Waals surface area contributed by atoms with Crippen LogP contribution in [0.15, 0.2) is 24.3 Å². The van der Waals surface area contributed by atoms with Gasteiger partial charge in [-0.1, -0.05) is 6.07 Å². The number of aromatic nitrogens is 3. The smallest absolute Gasteiger partial charge is 0.111 e. The normalized spacial score (nSPS) is 19.3. The summed E-state index contributed by atoms with van der Waals surface area (Å²) in [7, 11) is 0. The van der Waals surface area contributed by atoms with E-state index in [1.165, 1.54) is 12.1 Å². The molecule has 0 spiro atoms. The van der Waals surface area contributed by atoms with Crippen LogP contribution in [0.3, 0.4) is 0 Å². The second-order valence-electron chi connectivity index (χ2n) is 5.01. The van der Waals surface area contributed by atoms with Gasteiger partial charge in [-0.15, -0.1) is 0 Å². The van der Waals surface area contributed by atoms with E-state index in [0.29, 0.717) is 0 Å². The molecule has 94 valence electrons. The van der Waals surface area contributed by atoms with Crippen LogP contribution in [0.5, 0.6) is 0 Å². The molecule has 1 aliphatic heterocycles. The van der Waals surface area contributed by atoms with E-state index in [4.69, 9.17) is 4.98 Å². The van der Waals surface area contributed by atoms with Crippen LogP contribution in [0.4, 0.5) is 0 Å². The zero-order chi connectivity index (χ0) is 12.4. The Bertz CT molecular complexity index is 526. The molecule has 1 fully saturated rings. The molecule has 1 saturated heterocycles. The summed E-state index contributed by atoms with van der Waals surface area (Å²) in [5.41, 5.74) is 4.13. The fraction of sp³-hybridized carbons (Fsp3) is 0.429. The molecule has 18 heavy (non-hydrogen) atoms. The summed E-state index contributed by atoms with van der Waals surface area (Å²) < 4.78 is 0. The molecule has 3 rings (SSSR count). The number of nitrogens with zero attached hydrogens (tertiary/aromatic N) is 2. The van der Waals surface area contributed by atoms with E-state index in [1.54, 1.807) is 0 Å². The van der Waals surface area contributed by atoms with Gasteiger partial charge in [-0.25, -0.2) is 0 Å². The van der Waals surface area contributed by atoms with Crippen molar-refractivity contribution in [3.63, 3.8) is 0 Å². The van der Waals surface area contributed by atoms with Gasteiger partial charge in [-0.05, 0) is 57.0 Å². The Morgan fingerprint density at radius 2 is 2.28 bits per heavy atom. The topological polar surface area (TPSA) is 53.6 Å². The molecule has 0 amide bonds. The van der Waals surface area contributed by atoms with Crippen LogP contribution in [0, 0.1) is 12.8 Å². The van der Waals surface area contributed by atoms with E-state index < -0.39 is 0 Å². The van der Waals surface area contributed by atoms with E-state index in [2.05, 4.69) is 27.6 Å². The van der Waals surface area contributed by atoms with E-state index >= 15 is 0 Å². The van der Waals surface area contributed by atoms with Crippen LogP contribution in [-0.2, 0) is 6.42 Å². The first-order chi connectivity index (χ1) is 8.81. The minimum atomic E-state index is 0.730. The SMILES string of the molecule is Cc1cc(-c2cccc(C[C@H]3CCNC3)n2)n[nH]1. The first-order valence-corrected chi connectivity index (χ1v) is 6.50. The number of rotatable bonds is 3. The van der Waals surface area contributed by atoms with Gasteiger partial charge in [0, 0.05) is 11.4 Å². The van der Waals surface area contributed by atoms with Gasteiger partial charge in [0.2, 0.25) is 0 Å². The Morgan fingerprint density at radius 3 is 3.00 bits per heavy atom. The van der Waals surface area contributed by atoms with E-state index in [0.717, 1.165) is 42.5 Å². The lowest BCUT2D eigenvalue weighted by atomic mass is 10.0. The number of hydrogen-bond donors (Lipinski definition) is 2. The third kappa shape index (κ3) is 2.43. The first kappa shape index (κ1) is 11.4. The van der Waals surface area contributed by atoms with Gasteiger partial charge >= 0.3 is 0 Å². The highest BCUT2D eigenvalue weighted by atomic mass is 15.1. The summed E-state index contributed by atoms with van der Waals surface area (Å²) in [6.07, 6.45) is 2.32. The number of aryl methyl sites for hydroxylation is 1. The number of H-pyrrole nitrogens is 1. The predicted molar refractivity (Wildman–Crippen MR) is 71.2 cm³/mol. The van der Waals surface area contributed by atoms with Crippen molar-refractivity contribution >= 4 is 0 Å². The van der Waals surface area contributed by atoms with Crippen molar-refractivity contribution in [1.29, 1.82) is 0 Å². The Morgan fingerprint density at radius 1 is 1.33 bits per heavy atom. The first-order valence-electron chi connectivity index (χ1n) is 6.50. The molecule has 2 aromatic heterocycles. The minimum absolute atomic E-state index is 0.730. The van der Waals surface area contributed by atoms with Gasteiger partial charge in [0.05, 0.1) is 5.69 Å². The number of nitrogens with one attached hydrogen (secondary N) is 2. The molecule has 0 aliphatic carbocycles. The van der Waals surface area contributed by atoms with Crippen LogP contribution in [0.1, 0.15) is 17.8 Å². The third-order valence-corrected chi connectivity index (χ3v) is 3.44. The third-order valence-electron chi connectivity index (χ3n) is 3.44. The van der Waals surface area contributed by atoms with E-state index in [9.17, 15) is 0 Å². The Labute approximate surface area is 107 Å². The average Bonchev–Trinajstić information content (AvgIpc) is 3.01. The van der Waals surface area contributed by atoms with Gasteiger partial charge in [-0.2, -0.15) is 5.10 Å². The second kappa shape index (κ2) is 4.90. The lowest BCUT2D eigenvalue weighted by molar-refractivity contribution is 0.572. The highest BCUT2D eigenvalue weighted by Crippen LogP contribution is 2.18. The molecule has 0 bridgehead atoms. The summed E-state index contributed by atoms with van der Waals surface area (Å²) in [5, 5.41) is 10.6. The van der Waals surface area contributed by atoms with Crippen LogP contribution in [-0.4, -0.2) is 28.3 Å². The summed E-state index contributed by atoms with van der Waals surface area (Å²) in [6, 6.07) is 8.24. The molecular formula is C14H18N4. The van der Waals surface area contributed by atoms with E-state index in [1.807, 2.05) is 19.1 Å². The zero-order valence-corrected chi connectivity index (χ0v) is 10.6. The monoisotopic (exact) mass is 242 g/mol. The van der Waals surface area contributed by atoms with Crippen molar-refractivity contribution in [3.05, 3.63) is 35.7 Å². The average molecular weight is 242 g/mol. The van der Waals surface area contributed by atoms with Crippen molar-refractivity contribution in [2.75, 3.05) is 13.1 Å². The molecule has 3 heterocycles. The molecule has 0 unspecified atom stereocenters. The van der Waals surface area contributed by atoms with Crippen LogP contribution < -0.4 is 5.32 Å². The van der Waals surface area contributed by atoms with Crippen molar-refractivity contribution in [1.82, 2.24) is 20.5 Å². The van der Waals surface area contributed by atoms with E-state index in [-0.39, 0.29) is 0 Å². The van der Waals surface area contributed by atoms with Crippen molar-refractivity contribution in [2.24, 2.45) is 5.92 Å². The summed E-state index contributed by atoms with van der Waals surface area (Å²) >= 11 is 0. The number of hydrogen-bond acceptors (Lipinski definition) is 3. The molecule has 0 aromatic carbocycles. The van der Waals surface area contributed by atoms with Crippen molar-refractivity contribution < 1.29 is 0 Å². The predicted octanol–water partition coefficient (Wildman–Crippen LogP) is 1.93. The maximum atomic E-state index is 4.71. The number of pyridine rings is 1. The summed E-state index contributed by atoms with van der Waals surface area (Å²) in [5.74, 6) is 0.730. The van der Waals surface area contributed by atoms with Gasteiger partial charge in [0.1, 0.15) is 5.69 Å². The molecule has 4 heteroatoms. The zero-order valence-electron chi connectivity index (χ0n) is 10.6. The van der Waals surface area contributed by atoms with Gasteiger partial charge < -0.3 is 5.32 Å². The van der Waals surface area contributed by atoms with Crippen molar-refractivity contribution in [3.8, 4) is 11.4 Å². The molecule has 0 saturated carbocycles. The highest BCUT2D eigenvalue weighted by Gasteiger charge is 2.15. The molecule has 0 radical (unpaired) electrons. The fourth-order valence-corrected chi connectivity index (χ4v) is 2.47. The molecule has 1 aliphatic rings. The highest BCUT2D eigenvalue weighted by molar-refractivity contribution is 5.54. The van der Waals surface area contributed by atoms with Gasteiger partial charge in [-0.3, -0.25) is 10.1 Å². The van der Waals surface area contributed by atoms with Gasteiger partial charge in [0.15, 0.2) is 0 Å². The molecule has 2 aromatic rings. The second-order valence-corrected chi connectivity index (χ2v) is 5.01. The Hall–Kier alpha value is -1.68. The quantitative estimate of drug-likeness (QED) is 0.864. The maximum Gasteiger partial charge on any atom is 0.111 e. The molecular weight excluding hydrogens is 224 g/mol. The standard InChI is InChI=1S/C14H18N4/c1-10-7-14(18-17-10)13-4-2-3-12(16-13)8-11-5-6-15-9-11/h2-4,7,11,15H,5-6,8-9H2,1H3,(H,17,18)/t11-/m1/s1. The summed E-state index contributed by atoms with van der Waals surface area (Å²) in [6.45, 7) is 4.26. The summed E-state index contributed by atoms with van der Waals surface area (Å²) in [4.78, 5) is 4.71. The van der Waals surface area contributed by atoms with Crippen LogP contribution >= 0.6 is 0 Å². The van der Waals surface area contributed by atoms with Crippen molar-refractivity contribution in [2.45, 2.75) is 19.8 Å². The van der Waals surface area contributed by atoms with Gasteiger partial charge in [0.25, 0.3) is 0 Å². The molecule has 1 atom stereocenters. The fourth-order valence-electron chi connectivity index (χ4n) is 2.47. The molecule has 2 N–H and O–H groups in total. The molecule has 4 nitrogen and oxygen atoms in total. The largest absolute Gasteiger partial charge is 0.316 e. The minimum Gasteiger partial charge on any atom is -0.316 e. The Kier molecular flexibility index (Phi) is 3.11. The Balaban J connectivity index is 1.80. The van der Waals surface area contributed by atoms with Crippen LogP contribution in [0.2, 0.25) is 0 Å². The number of aromatic amines is 1. The maximum absolute atomic E-state index is 4.71.